The summed E-state index contributed by atoms with van der Waals surface area (Å²) in [6.45, 7) is 5.32. The van der Waals surface area contributed by atoms with Crippen molar-refractivity contribution in [3.05, 3.63) is 41.6 Å². The van der Waals surface area contributed by atoms with Crippen molar-refractivity contribution in [2.45, 2.75) is 58.4 Å². The van der Waals surface area contributed by atoms with Crippen LogP contribution in [0.1, 0.15) is 61.9 Å². The maximum atomic E-state index is 13.3. The fraction of sp³-hybridized carbons (Fsp3) is 0.522. The van der Waals surface area contributed by atoms with Crippen molar-refractivity contribution in [3.8, 4) is 5.75 Å². The molecule has 0 saturated heterocycles. The lowest BCUT2D eigenvalue weighted by Crippen LogP contribution is -2.32. The van der Waals surface area contributed by atoms with Crippen molar-refractivity contribution in [1.82, 2.24) is 9.97 Å². The van der Waals surface area contributed by atoms with Crippen LogP contribution in [0.3, 0.4) is 0 Å². The van der Waals surface area contributed by atoms with Crippen molar-refractivity contribution in [2.24, 2.45) is 5.92 Å². The van der Waals surface area contributed by atoms with Gasteiger partial charge in [0.05, 0.1) is 12.2 Å². The van der Waals surface area contributed by atoms with Gasteiger partial charge in [0.25, 0.3) is 5.91 Å². The maximum absolute atomic E-state index is 13.3. The number of para-hydroxylation sites is 1. The highest BCUT2D eigenvalue weighted by atomic mass is 16.5. The summed E-state index contributed by atoms with van der Waals surface area (Å²) in [5, 5.41) is 3.47. The molecular formula is C23H30N4O2. The molecule has 0 bridgehead atoms. The molecule has 1 N–H and O–H groups in total. The molecule has 1 aliphatic carbocycles. The van der Waals surface area contributed by atoms with E-state index in [9.17, 15) is 4.79 Å². The summed E-state index contributed by atoms with van der Waals surface area (Å²) >= 11 is 0. The first-order chi connectivity index (χ1) is 14.2. The molecule has 0 radical (unpaired) electrons. The zero-order valence-corrected chi connectivity index (χ0v) is 17.4. The molecule has 4 rings (SSSR count). The van der Waals surface area contributed by atoms with Crippen LogP contribution in [0.4, 0.5) is 11.8 Å². The van der Waals surface area contributed by atoms with Crippen molar-refractivity contribution in [2.75, 3.05) is 23.4 Å². The molecule has 6 heteroatoms. The summed E-state index contributed by atoms with van der Waals surface area (Å²) in [7, 11) is 0. The van der Waals surface area contributed by atoms with Crippen molar-refractivity contribution < 1.29 is 9.53 Å². The van der Waals surface area contributed by atoms with Crippen LogP contribution in [0, 0.1) is 5.92 Å². The summed E-state index contributed by atoms with van der Waals surface area (Å²) in [5.74, 6) is 2.48. The second kappa shape index (κ2) is 8.80. The van der Waals surface area contributed by atoms with Gasteiger partial charge in [-0.3, -0.25) is 9.69 Å². The van der Waals surface area contributed by atoms with E-state index in [0.717, 1.165) is 12.0 Å². The molecule has 0 spiro atoms. The van der Waals surface area contributed by atoms with Crippen molar-refractivity contribution in [1.29, 1.82) is 0 Å². The minimum absolute atomic E-state index is 0.0868. The average Bonchev–Trinajstić information content (AvgIpc) is 3.24. The fourth-order valence-corrected chi connectivity index (χ4v) is 4.46. The van der Waals surface area contributed by atoms with Gasteiger partial charge in [0.2, 0.25) is 5.95 Å². The summed E-state index contributed by atoms with van der Waals surface area (Å²) in [6.07, 6.45) is 9.04. The van der Waals surface area contributed by atoms with E-state index in [1.165, 1.54) is 32.1 Å². The number of carbonyl (C=O) groups excluding carboxylic acids is 1. The average molecular weight is 395 g/mol. The molecule has 1 amide bonds. The monoisotopic (exact) mass is 394 g/mol. The van der Waals surface area contributed by atoms with Crippen molar-refractivity contribution in [3.63, 3.8) is 0 Å². The van der Waals surface area contributed by atoms with Crippen molar-refractivity contribution >= 4 is 17.7 Å². The largest absolute Gasteiger partial charge is 0.492 e. The second-order valence-corrected chi connectivity index (χ2v) is 8.01. The summed E-state index contributed by atoms with van der Waals surface area (Å²) in [6, 6.07) is 7.90. The molecule has 1 fully saturated rings. The lowest BCUT2D eigenvalue weighted by molar-refractivity contribution is 0.0984. The van der Waals surface area contributed by atoms with Gasteiger partial charge in [-0.2, -0.15) is 4.98 Å². The van der Waals surface area contributed by atoms with E-state index in [1.54, 1.807) is 17.2 Å². The number of anilines is 2. The third-order valence-corrected chi connectivity index (χ3v) is 6.14. The number of ether oxygens (including phenoxy) is 1. The minimum atomic E-state index is -0.0868. The zero-order valence-electron chi connectivity index (χ0n) is 17.4. The van der Waals surface area contributed by atoms with Gasteiger partial charge in [-0.25, -0.2) is 4.98 Å². The molecule has 0 unspecified atom stereocenters. The van der Waals surface area contributed by atoms with Gasteiger partial charge >= 0.3 is 0 Å². The first-order valence-corrected chi connectivity index (χ1v) is 10.8. The Kier molecular flexibility index (Phi) is 5.97. The maximum Gasteiger partial charge on any atom is 0.263 e. The third kappa shape index (κ3) is 4.21. The highest BCUT2D eigenvalue weighted by molar-refractivity contribution is 6.07. The number of amides is 1. The van der Waals surface area contributed by atoms with E-state index in [2.05, 4.69) is 22.2 Å². The second-order valence-electron chi connectivity index (χ2n) is 8.01. The molecule has 29 heavy (non-hydrogen) atoms. The Balaban J connectivity index is 1.53. The van der Waals surface area contributed by atoms with Gasteiger partial charge in [-0.1, -0.05) is 31.4 Å². The minimum Gasteiger partial charge on any atom is -0.492 e. The Morgan fingerprint density at radius 1 is 1.28 bits per heavy atom. The van der Waals surface area contributed by atoms with E-state index in [-0.39, 0.29) is 5.91 Å². The molecule has 1 atom stereocenters. The van der Waals surface area contributed by atoms with Gasteiger partial charge in [0, 0.05) is 25.2 Å². The van der Waals surface area contributed by atoms with Crippen LogP contribution in [0.25, 0.3) is 0 Å². The van der Waals surface area contributed by atoms with Gasteiger partial charge < -0.3 is 10.1 Å². The molecular weight excluding hydrogens is 364 g/mol. The predicted molar refractivity (Wildman–Crippen MR) is 115 cm³/mol. The molecule has 1 aliphatic heterocycles. The Morgan fingerprint density at radius 3 is 2.90 bits per heavy atom. The van der Waals surface area contributed by atoms with Crippen LogP contribution < -0.4 is 15.0 Å². The summed E-state index contributed by atoms with van der Waals surface area (Å²) in [5.41, 5.74) is 1.70. The summed E-state index contributed by atoms with van der Waals surface area (Å²) < 4.78 is 5.73. The number of benzene rings is 1. The number of aromatic nitrogens is 2. The lowest BCUT2D eigenvalue weighted by atomic mass is 9.85. The third-order valence-electron chi connectivity index (χ3n) is 6.14. The first-order valence-electron chi connectivity index (χ1n) is 10.8. The van der Waals surface area contributed by atoms with Crippen LogP contribution in [0.2, 0.25) is 0 Å². The highest BCUT2D eigenvalue weighted by Gasteiger charge is 2.26. The lowest BCUT2D eigenvalue weighted by Gasteiger charge is -2.28. The first kappa shape index (κ1) is 19.7. The molecule has 6 nitrogen and oxygen atoms in total. The highest BCUT2D eigenvalue weighted by Crippen LogP contribution is 2.31. The van der Waals surface area contributed by atoms with E-state index in [0.29, 0.717) is 48.2 Å². The van der Waals surface area contributed by atoms with Gasteiger partial charge in [-0.15, -0.1) is 0 Å². The Labute approximate surface area is 172 Å². The molecule has 1 aromatic carbocycles. The molecule has 1 aromatic heterocycles. The number of hydrogen-bond donors (Lipinski definition) is 1. The number of hydrogen-bond acceptors (Lipinski definition) is 5. The molecule has 2 aliphatic rings. The van der Waals surface area contributed by atoms with E-state index >= 15 is 0 Å². The number of nitrogens with one attached hydrogen (secondary N) is 1. The number of fused-ring (bicyclic) bond motifs is 1. The number of rotatable bonds is 6. The molecule has 1 saturated carbocycles. The quantitative estimate of drug-likeness (QED) is 0.783. The van der Waals surface area contributed by atoms with Crippen LogP contribution in [0.15, 0.2) is 30.5 Å². The standard InChI is InChI=1S/C23H30N4O2/c1-3-27(22(28)19-11-7-10-18-13-15-29-21(18)19)20-12-14-24-23(26-20)25-16(2)17-8-5-4-6-9-17/h7,10-12,14,16-17H,3-6,8-9,13,15H2,1-2H3,(H,24,25,26)/t16-/m0/s1. The normalized spacial score (nSPS) is 17.3. The fourth-order valence-electron chi connectivity index (χ4n) is 4.46. The van der Waals surface area contributed by atoms with Gasteiger partial charge in [0.15, 0.2) is 0 Å². The molecule has 2 heterocycles. The smallest absolute Gasteiger partial charge is 0.263 e. The Bertz CT molecular complexity index is 864. The predicted octanol–water partition coefficient (Wildman–Crippen LogP) is 4.46. The van der Waals surface area contributed by atoms with Crippen LogP contribution in [0.5, 0.6) is 5.75 Å². The SMILES string of the molecule is CCN(C(=O)c1cccc2c1OCC2)c1ccnc(N[C@@H](C)C2CCCCC2)n1. The Morgan fingerprint density at radius 2 is 2.10 bits per heavy atom. The van der Waals surface area contributed by atoms with Gasteiger partial charge in [-0.05, 0) is 50.3 Å². The summed E-state index contributed by atoms with van der Waals surface area (Å²) in [4.78, 5) is 24.0. The van der Waals surface area contributed by atoms with Crippen LogP contribution in [-0.4, -0.2) is 35.1 Å². The zero-order chi connectivity index (χ0) is 20.2. The van der Waals surface area contributed by atoms with Crippen LogP contribution in [-0.2, 0) is 6.42 Å². The Hall–Kier alpha value is -2.63. The van der Waals surface area contributed by atoms with Gasteiger partial charge in [0.1, 0.15) is 11.6 Å². The van der Waals surface area contributed by atoms with Crippen LogP contribution >= 0.6 is 0 Å². The molecule has 2 aromatic rings. The van der Waals surface area contributed by atoms with E-state index in [1.807, 2.05) is 25.1 Å². The van der Waals surface area contributed by atoms with E-state index < -0.39 is 0 Å². The number of carbonyl (C=O) groups is 1. The molecule has 154 valence electrons. The van der Waals surface area contributed by atoms with E-state index in [4.69, 9.17) is 4.74 Å². The topological polar surface area (TPSA) is 67.4 Å². The number of nitrogens with zero attached hydrogens (tertiary/aromatic N) is 3.